The van der Waals surface area contributed by atoms with Crippen molar-refractivity contribution in [3.8, 4) is 0 Å². The fourth-order valence-electron chi connectivity index (χ4n) is 2.89. The van der Waals surface area contributed by atoms with E-state index < -0.39 is 5.97 Å². The van der Waals surface area contributed by atoms with Gasteiger partial charge in [0, 0.05) is 32.8 Å². The number of nitrogens with zero attached hydrogens (tertiary/aromatic N) is 1. The number of fused-ring (bicyclic) bond motifs is 1. The molecule has 0 aliphatic carbocycles. The van der Waals surface area contributed by atoms with Gasteiger partial charge in [-0.3, -0.25) is 9.59 Å². The summed E-state index contributed by atoms with van der Waals surface area (Å²) < 4.78 is 1.75. The molecule has 0 atom stereocenters. The molecule has 0 aliphatic heterocycles. The molecule has 134 valence electrons. The Bertz CT molecular complexity index is 1010. The number of carbonyl (C=O) groups excluding carboxylic acids is 1. The Morgan fingerprint density at radius 1 is 1.23 bits per heavy atom. The minimum atomic E-state index is -0.922. The van der Waals surface area contributed by atoms with Gasteiger partial charge in [0.1, 0.15) is 6.54 Å². The van der Waals surface area contributed by atoms with E-state index in [4.69, 9.17) is 11.6 Å². The molecule has 1 heterocycles. The number of aliphatic carboxylic acids is 1. The van der Waals surface area contributed by atoms with Crippen LogP contribution in [0, 0.1) is 6.92 Å². The zero-order valence-corrected chi connectivity index (χ0v) is 15.8. The molecule has 2 aromatic carbocycles. The summed E-state index contributed by atoms with van der Waals surface area (Å²) in [6.07, 6.45) is 0. The Hall–Kier alpha value is -2.44. The third kappa shape index (κ3) is 3.71. The number of aromatic nitrogens is 1. The normalized spacial score (nSPS) is 10.9. The van der Waals surface area contributed by atoms with Crippen molar-refractivity contribution in [2.75, 3.05) is 5.32 Å². The third-order valence-corrected chi connectivity index (χ3v) is 5.34. The van der Waals surface area contributed by atoms with Gasteiger partial charge in [0.2, 0.25) is 5.91 Å². The molecule has 5 nitrogen and oxygen atoms in total. The van der Waals surface area contributed by atoms with Crippen LogP contribution in [-0.4, -0.2) is 21.6 Å². The van der Waals surface area contributed by atoms with Crippen LogP contribution in [-0.2, 0) is 16.1 Å². The average Bonchev–Trinajstić information content (AvgIpc) is 2.81. The summed E-state index contributed by atoms with van der Waals surface area (Å²) in [6, 6.07) is 12.9. The van der Waals surface area contributed by atoms with Crippen molar-refractivity contribution < 1.29 is 14.7 Å². The summed E-state index contributed by atoms with van der Waals surface area (Å²) in [5, 5.41) is 13.6. The number of halogens is 1. The monoisotopic (exact) mass is 388 g/mol. The highest BCUT2D eigenvalue weighted by atomic mass is 35.5. The highest BCUT2D eigenvalue weighted by Crippen LogP contribution is 2.42. The molecule has 0 saturated carbocycles. The molecule has 0 aliphatic rings. The van der Waals surface area contributed by atoms with E-state index in [0.717, 1.165) is 26.4 Å². The van der Waals surface area contributed by atoms with Crippen LogP contribution in [0.2, 0.25) is 5.02 Å². The maximum absolute atomic E-state index is 11.6. The quantitative estimate of drug-likeness (QED) is 0.658. The maximum Gasteiger partial charge on any atom is 0.323 e. The number of carboxylic acid groups (broad SMARTS) is 1. The van der Waals surface area contributed by atoms with Crippen molar-refractivity contribution in [2.45, 2.75) is 30.2 Å². The number of carbonyl (C=O) groups is 2. The van der Waals surface area contributed by atoms with Gasteiger partial charge in [0.15, 0.2) is 0 Å². The predicted octanol–water partition coefficient (Wildman–Crippen LogP) is 4.80. The first-order valence-electron chi connectivity index (χ1n) is 7.91. The van der Waals surface area contributed by atoms with E-state index in [1.54, 1.807) is 16.7 Å². The highest BCUT2D eigenvalue weighted by molar-refractivity contribution is 7.99. The van der Waals surface area contributed by atoms with Crippen LogP contribution >= 0.6 is 23.4 Å². The second-order valence-corrected chi connectivity index (χ2v) is 7.35. The van der Waals surface area contributed by atoms with Gasteiger partial charge in [0.25, 0.3) is 0 Å². The second kappa shape index (κ2) is 7.43. The van der Waals surface area contributed by atoms with E-state index in [0.29, 0.717) is 10.7 Å². The number of carboxylic acids is 1. The Morgan fingerprint density at radius 3 is 2.62 bits per heavy atom. The zero-order valence-electron chi connectivity index (χ0n) is 14.2. The van der Waals surface area contributed by atoms with E-state index in [9.17, 15) is 14.7 Å². The van der Waals surface area contributed by atoms with Gasteiger partial charge in [-0.2, -0.15) is 0 Å². The van der Waals surface area contributed by atoms with E-state index in [2.05, 4.69) is 5.32 Å². The van der Waals surface area contributed by atoms with E-state index >= 15 is 0 Å². The van der Waals surface area contributed by atoms with Crippen LogP contribution in [0.3, 0.4) is 0 Å². The number of benzene rings is 2. The topological polar surface area (TPSA) is 71.3 Å². The van der Waals surface area contributed by atoms with Crippen LogP contribution in [0.15, 0.2) is 52.3 Å². The molecule has 0 saturated heterocycles. The van der Waals surface area contributed by atoms with Gasteiger partial charge in [0.05, 0.1) is 11.2 Å². The standard InChI is InChI=1S/C19H17ClN2O3S/c1-11-19(26-14-6-3-5-13(20)9-14)18-15(21-12(2)23)7-4-8-16(18)22(11)10-17(24)25/h3-9H,10H2,1-2H3,(H,21,23)(H,24,25). The summed E-state index contributed by atoms with van der Waals surface area (Å²) in [5.74, 6) is -1.10. The lowest BCUT2D eigenvalue weighted by molar-refractivity contribution is -0.137. The smallest absolute Gasteiger partial charge is 0.323 e. The van der Waals surface area contributed by atoms with Crippen molar-refractivity contribution in [1.82, 2.24) is 4.57 Å². The fourth-order valence-corrected chi connectivity index (χ4v) is 4.29. The van der Waals surface area contributed by atoms with Crippen molar-refractivity contribution in [2.24, 2.45) is 0 Å². The molecule has 3 rings (SSSR count). The Balaban J connectivity index is 2.23. The average molecular weight is 389 g/mol. The lowest BCUT2D eigenvalue weighted by Gasteiger charge is -2.07. The van der Waals surface area contributed by atoms with Gasteiger partial charge in [-0.15, -0.1) is 0 Å². The summed E-state index contributed by atoms with van der Waals surface area (Å²) in [4.78, 5) is 24.8. The number of hydrogen-bond donors (Lipinski definition) is 2. The molecule has 7 heteroatoms. The van der Waals surface area contributed by atoms with Gasteiger partial charge in [-0.05, 0) is 37.3 Å². The summed E-state index contributed by atoms with van der Waals surface area (Å²) in [7, 11) is 0. The number of anilines is 1. The predicted molar refractivity (Wildman–Crippen MR) is 104 cm³/mol. The van der Waals surface area contributed by atoms with E-state index in [-0.39, 0.29) is 12.5 Å². The minimum absolute atomic E-state index is 0.151. The van der Waals surface area contributed by atoms with Crippen molar-refractivity contribution in [1.29, 1.82) is 0 Å². The lowest BCUT2D eigenvalue weighted by Crippen LogP contribution is -2.10. The van der Waals surface area contributed by atoms with Gasteiger partial charge < -0.3 is 15.0 Å². The number of rotatable bonds is 5. The molecule has 3 aromatic rings. The zero-order chi connectivity index (χ0) is 18.8. The van der Waals surface area contributed by atoms with Gasteiger partial charge in [-0.1, -0.05) is 35.5 Å². The summed E-state index contributed by atoms with van der Waals surface area (Å²) >= 11 is 7.59. The molecule has 0 fully saturated rings. The molecule has 0 spiro atoms. The summed E-state index contributed by atoms with van der Waals surface area (Å²) in [5.41, 5.74) is 2.25. The van der Waals surface area contributed by atoms with Crippen LogP contribution in [0.25, 0.3) is 10.9 Å². The van der Waals surface area contributed by atoms with Crippen LogP contribution in [0.1, 0.15) is 12.6 Å². The molecule has 2 N–H and O–H groups in total. The third-order valence-electron chi connectivity index (χ3n) is 3.91. The van der Waals surface area contributed by atoms with Crippen LogP contribution in [0.4, 0.5) is 5.69 Å². The lowest BCUT2D eigenvalue weighted by atomic mass is 10.2. The largest absolute Gasteiger partial charge is 0.480 e. The molecular weight excluding hydrogens is 372 g/mol. The number of hydrogen-bond acceptors (Lipinski definition) is 3. The molecule has 0 unspecified atom stereocenters. The highest BCUT2D eigenvalue weighted by Gasteiger charge is 2.20. The van der Waals surface area contributed by atoms with E-state index in [1.165, 1.54) is 18.7 Å². The Labute approximate surface area is 160 Å². The first-order chi connectivity index (χ1) is 12.4. The SMILES string of the molecule is CC(=O)Nc1cccc2c1c(Sc1cccc(Cl)c1)c(C)n2CC(=O)O. The molecule has 0 radical (unpaired) electrons. The van der Waals surface area contributed by atoms with Crippen LogP contribution < -0.4 is 5.32 Å². The Kier molecular flexibility index (Phi) is 5.25. The number of nitrogens with one attached hydrogen (secondary N) is 1. The first-order valence-corrected chi connectivity index (χ1v) is 9.11. The van der Waals surface area contributed by atoms with Gasteiger partial charge >= 0.3 is 5.97 Å². The molecular formula is C19H17ClN2O3S. The van der Waals surface area contributed by atoms with Crippen molar-refractivity contribution in [3.63, 3.8) is 0 Å². The minimum Gasteiger partial charge on any atom is -0.480 e. The van der Waals surface area contributed by atoms with Crippen molar-refractivity contribution >= 4 is 51.8 Å². The van der Waals surface area contributed by atoms with Crippen molar-refractivity contribution in [3.05, 3.63) is 53.2 Å². The second-order valence-electron chi connectivity index (χ2n) is 5.83. The fraction of sp³-hybridized carbons (Fsp3) is 0.158. The summed E-state index contributed by atoms with van der Waals surface area (Å²) in [6.45, 7) is 3.18. The molecule has 1 aromatic heterocycles. The molecule has 1 amide bonds. The van der Waals surface area contributed by atoms with Gasteiger partial charge in [-0.25, -0.2) is 0 Å². The maximum atomic E-state index is 11.6. The van der Waals surface area contributed by atoms with Crippen LogP contribution in [0.5, 0.6) is 0 Å². The van der Waals surface area contributed by atoms with E-state index in [1.807, 2.05) is 37.3 Å². The number of amides is 1. The first kappa shape index (κ1) is 18.4. The molecule has 0 bridgehead atoms. The molecule has 26 heavy (non-hydrogen) atoms. The Morgan fingerprint density at radius 2 is 1.96 bits per heavy atom.